The Morgan fingerprint density at radius 1 is 1.15 bits per heavy atom. The Bertz CT molecular complexity index is 1300. The van der Waals surface area contributed by atoms with Crippen molar-refractivity contribution in [2.45, 2.75) is 25.7 Å². The van der Waals surface area contributed by atoms with Crippen molar-refractivity contribution in [3.8, 4) is 11.4 Å². The highest BCUT2D eigenvalue weighted by Gasteiger charge is 2.21. The SMILES string of the molecule is O=c1oc2ccc(Cl)cc2cc1-c1nc2sc3c(c2c(=O)[nH]1)CCCC3. The van der Waals surface area contributed by atoms with Gasteiger partial charge in [-0.3, -0.25) is 4.79 Å². The maximum absolute atomic E-state index is 12.7. The molecule has 3 heterocycles. The summed E-state index contributed by atoms with van der Waals surface area (Å²) < 4.78 is 5.36. The molecule has 4 aromatic rings. The fourth-order valence-corrected chi connectivity index (χ4v) is 4.99. The minimum atomic E-state index is -0.538. The van der Waals surface area contributed by atoms with Gasteiger partial charge in [-0.25, -0.2) is 9.78 Å². The van der Waals surface area contributed by atoms with Gasteiger partial charge >= 0.3 is 5.63 Å². The van der Waals surface area contributed by atoms with Crippen LogP contribution in [-0.2, 0) is 12.8 Å². The Kier molecular flexibility index (Phi) is 3.52. The van der Waals surface area contributed by atoms with Gasteiger partial charge in [-0.15, -0.1) is 11.3 Å². The van der Waals surface area contributed by atoms with Gasteiger partial charge in [0.25, 0.3) is 5.56 Å². The first-order valence-electron chi connectivity index (χ1n) is 8.38. The van der Waals surface area contributed by atoms with E-state index in [1.165, 1.54) is 4.88 Å². The molecule has 0 atom stereocenters. The smallest absolute Gasteiger partial charge is 0.347 e. The Hall–Kier alpha value is -2.44. The van der Waals surface area contributed by atoms with Crippen LogP contribution in [0.15, 0.2) is 38.3 Å². The minimum Gasteiger partial charge on any atom is -0.422 e. The molecule has 0 radical (unpaired) electrons. The Labute approximate surface area is 156 Å². The molecular formula is C19H13ClN2O3S. The monoisotopic (exact) mass is 384 g/mol. The van der Waals surface area contributed by atoms with Gasteiger partial charge in [0.05, 0.1) is 5.39 Å². The van der Waals surface area contributed by atoms with Crippen LogP contribution in [0.5, 0.6) is 0 Å². The molecule has 1 N–H and O–H groups in total. The van der Waals surface area contributed by atoms with Crippen LogP contribution in [-0.4, -0.2) is 9.97 Å². The maximum Gasteiger partial charge on any atom is 0.347 e. The largest absolute Gasteiger partial charge is 0.422 e. The van der Waals surface area contributed by atoms with Gasteiger partial charge < -0.3 is 9.40 Å². The predicted molar refractivity (Wildman–Crippen MR) is 103 cm³/mol. The zero-order valence-electron chi connectivity index (χ0n) is 13.6. The quantitative estimate of drug-likeness (QED) is 0.497. The highest BCUT2D eigenvalue weighted by molar-refractivity contribution is 7.18. The number of fused-ring (bicyclic) bond motifs is 4. The molecule has 3 aromatic heterocycles. The van der Waals surface area contributed by atoms with Crippen molar-refractivity contribution in [1.82, 2.24) is 9.97 Å². The fraction of sp³-hybridized carbons (Fsp3) is 0.211. The van der Waals surface area contributed by atoms with Gasteiger partial charge in [0.15, 0.2) is 0 Å². The van der Waals surface area contributed by atoms with E-state index >= 15 is 0 Å². The molecule has 0 saturated heterocycles. The molecule has 0 fully saturated rings. The summed E-state index contributed by atoms with van der Waals surface area (Å²) in [7, 11) is 0. The predicted octanol–water partition coefficient (Wildman–Crippen LogP) is 4.29. The lowest BCUT2D eigenvalue weighted by Crippen LogP contribution is -2.14. The van der Waals surface area contributed by atoms with Crippen molar-refractivity contribution in [2.24, 2.45) is 0 Å². The summed E-state index contributed by atoms with van der Waals surface area (Å²) in [6, 6.07) is 6.68. The van der Waals surface area contributed by atoms with Crippen molar-refractivity contribution in [3.63, 3.8) is 0 Å². The van der Waals surface area contributed by atoms with Gasteiger partial charge in [0.1, 0.15) is 21.8 Å². The average molecular weight is 385 g/mol. The lowest BCUT2D eigenvalue weighted by atomic mass is 9.97. The molecule has 5 rings (SSSR count). The second kappa shape index (κ2) is 5.79. The number of H-pyrrole nitrogens is 1. The van der Waals surface area contributed by atoms with Crippen LogP contribution >= 0.6 is 22.9 Å². The second-order valence-electron chi connectivity index (χ2n) is 6.44. The van der Waals surface area contributed by atoms with Crippen LogP contribution in [0.4, 0.5) is 0 Å². The number of nitrogens with zero attached hydrogens (tertiary/aromatic N) is 1. The number of aromatic nitrogens is 2. The summed E-state index contributed by atoms with van der Waals surface area (Å²) in [5, 5.41) is 1.89. The summed E-state index contributed by atoms with van der Waals surface area (Å²) in [4.78, 5) is 34.4. The number of hydrogen-bond donors (Lipinski definition) is 1. The maximum atomic E-state index is 12.7. The van der Waals surface area contributed by atoms with Crippen molar-refractivity contribution in [2.75, 3.05) is 0 Å². The van der Waals surface area contributed by atoms with E-state index in [0.29, 0.717) is 26.2 Å². The molecule has 130 valence electrons. The highest BCUT2D eigenvalue weighted by Crippen LogP contribution is 2.34. The fourth-order valence-electron chi connectivity index (χ4n) is 3.55. The van der Waals surface area contributed by atoms with Gasteiger partial charge in [-0.2, -0.15) is 0 Å². The van der Waals surface area contributed by atoms with Crippen molar-refractivity contribution in [3.05, 3.63) is 60.5 Å². The first kappa shape index (κ1) is 15.8. The van der Waals surface area contributed by atoms with Gasteiger partial charge in [0.2, 0.25) is 0 Å². The second-order valence-corrected chi connectivity index (χ2v) is 7.96. The number of aromatic amines is 1. The van der Waals surface area contributed by atoms with E-state index in [9.17, 15) is 9.59 Å². The van der Waals surface area contributed by atoms with Crippen LogP contribution in [0.25, 0.3) is 32.6 Å². The van der Waals surface area contributed by atoms with Crippen molar-refractivity contribution in [1.29, 1.82) is 0 Å². The Balaban J connectivity index is 1.77. The van der Waals surface area contributed by atoms with E-state index in [1.54, 1.807) is 35.6 Å². The topological polar surface area (TPSA) is 76.0 Å². The van der Waals surface area contributed by atoms with Crippen LogP contribution in [0.1, 0.15) is 23.3 Å². The van der Waals surface area contributed by atoms with Crippen LogP contribution in [0.2, 0.25) is 5.02 Å². The van der Waals surface area contributed by atoms with E-state index < -0.39 is 5.63 Å². The van der Waals surface area contributed by atoms with Crippen LogP contribution in [0, 0.1) is 0 Å². The number of nitrogens with one attached hydrogen (secondary N) is 1. The Morgan fingerprint density at radius 2 is 2.00 bits per heavy atom. The lowest BCUT2D eigenvalue weighted by Gasteiger charge is -2.09. The zero-order chi connectivity index (χ0) is 17.8. The van der Waals surface area contributed by atoms with Gasteiger partial charge in [-0.1, -0.05) is 11.6 Å². The van der Waals surface area contributed by atoms with Gasteiger partial charge in [-0.05, 0) is 55.5 Å². The molecule has 1 aliphatic carbocycles. The molecule has 0 saturated carbocycles. The molecule has 26 heavy (non-hydrogen) atoms. The molecule has 5 nitrogen and oxygen atoms in total. The third kappa shape index (κ3) is 2.40. The molecule has 7 heteroatoms. The first-order valence-corrected chi connectivity index (χ1v) is 9.58. The number of hydrogen-bond acceptors (Lipinski definition) is 5. The molecule has 0 aliphatic heterocycles. The summed E-state index contributed by atoms with van der Waals surface area (Å²) in [6.45, 7) is 0. The summed E-state index contributed by atoms with van der Waals surface area (Å²) in [5.74, 6) is 0.233. The highest BCUT2D eigenvalue weighted by atomic mass is 35.5. The van der Waals surface area contributed by atoms with E-state index in [2.05, 4.69) is 9.97 Å². The van der Waals surface area contributed by atoms with E-state index in [1.807, 2.05) is 0 Å². The number of halogens is 1. The van der Waals surface area contributed by atoms with Crippen LogP contribution < -0.4 is 11.2 Å². The number of thiophene rings is 1. The summed E-state index contributed by atoms with van der Waals surface area (Å²) in [5.41, 5.74) is 1.05. The number of aryl methyl sites for hydroxylation is 2. The first-order chi connectivity index (χ1) is 12.6. The van der Waals surface area contributed by atoms with E-state index in [-0.39, 0.29) is 16.9 Å². The molecule has 0 spiro atoms. The normalized spacial score (nSPS) is 14.0. The van der Waals surface area contributed by atoms with E-state index in [4.69, 9.17) is 16.0 Å². The Morgan fingerprint density at radius 3 is 2.88 bits per heavy atom. The lowest BCUT2D eigenvalue weighted by molar-refractivity contribution is 0.563. The summed E-state index contributed by atoms with van der Waals surface area (Å²) in [6.07, 6.45) is 4.13. The average Bonchev–Trinajstić information content (AvgIpc) is 3.00. The molecule has 0 amide bonds. The van der Waals surface area contributed by atoms with Crippen molar-refractivity contribution < 1.29 is 4.42 Å². The molecule has 0 unspecified atom stereocenters. The zero-order valence-corrected chi connectivity index (χ0v) is 15.2. The van der Waals surface area contributed by atoms with Gasteiger partial charge in [0, 0.05) is 15.3 Å². The molecule has 1 aliphatic rings. The standard InChI is InChI=1S/C19H13ClN2O3S/c20-10-5-6-13-9(7-10)8-12(19(24)25-13)16-21-17(23)15-11-3-1-2-4-14(11)26-18(15)22-16/h5-8H,1-4H2,(H,21,22,23). The third-order valence-corrected chi connectivity index (χ3v) is 6.20. The number of rotatable bonds is 1. The number of benzene rings is 1. The van der Waals surface area contributed by atoms with Crippen molar-refractivity contribution >= 4 is 44.1 Å². The molecule has 0 bridgehead atoms. The molecular weight excluding hydrogens is 372 g/mol. The summed E-state index contributed by atoms with van der Waals surface area (Å²) >= 11 is 7.58. The third-order valence-electron chi connectivity index (χ3n) is 4.77. The minimum absolute atomic E-state index is 0.199. The van der Waals surface area contributed by atoms with Crippen LogP contribution in [0.3, 0.4) is 0 Å². The molecule has 1 aromatic carbocycles. The van der Waals surface area contributed by atoms with E-state index in [0.717, 1.165) is 31.2 Å².